The summed E-state index contributed by atoms with van der Waals surface area (Å²) in [6, 6.07) is 14.0. The van der Waals surface area contributed by atoms with Gasteiger partial charge in [0.1, 0.15) is 12.2 Å². The van der Waals surface area contributed by atoms with E-state index in [1.165, 1.54) is 11.1 Å². The van der Waals surface area contributed by atoms with E-state index in [1.807, 2.05) is 13.0 Å². The highest BCUT2D eigenvalue weighted by Crippen LogP contribution is 2.30. The van der Waals surface area contributed by atoms with Gasteiger partial charge in [-0.15, -0.1) is 6.42 Å². The van der Waals surface area contributed by atoms with Crippen LogP contribution in [-0.2, 0) is 9.59 Å². The van der Waals surface area contributed by atoms with Crippen LogP contribution in [0, 0.1) is 12.3 Å². The second kappa shape index (κ2) is 8.11. The Morgan fingerprint density at radius 1 is 1.11 bits per heavy atom. The zero-order valence-corrected chi connectivity index (χ0v) is 14.8. The fourth-order valence-electron chi connectivity index (χ4n) is 2.60. The molecule has 0 atom stereocenters. The quantitative estimate of drug-likeness (QED) is 0.487. The summed E-state index contributed by atoms with van der Waals surface area (Å²) in [7, 11) is 0. The number of carbonyl (C=O) groups excluding carboxylic acids is 2. The molecule has 0 unspecified atom stereocenters. The molecule has 1 saturated heterocycles. The van der Waals surface area contributed by atoms with Crippen LogP contribution in [-0.4, -0.2) is 25.0 Å². The first kappa shape index (κ1) is 18.1. The average molecular weight is 362 g/mol. The van der Waals surface area contributed by atoms with Gasteiger partial charge in [0.15, 0.2) is 11.5 Å². The van der Waals surface area contributed by atoms with Crippen molar-refractivity contribution in [1.82, 2.24) is 5.43 Å². The van der Waals surface area contributed by atoms with Crippen molar-refractivity contribution in [3.8, 4) is 23.8 Å². The Bertz CT molecular complexity index is 929. The van der Waals surface area contributed by atoms with Gasteiger partial charge in [-0.05, 0) is 42.8 Å². The predicted molar refractivity (Wildman–Crippen MR) is 102 cm³/mol. The molecule has 2 amide bonds. The van der Waals surface area contributed by atoms with E-state index in [1.54, 1.807) is 42.5 Å². The molecule has 1 N–H and O–H groups in total. The second-order valence-corrected chi connectivity index (χ2v) is 5.61. The summed E-state index contributed by atoms with van der Waals surface area (Å²) in [5.74, 6) is 2.51. The molecule has 0 saturated carbocycles. The molecule has 0 radical (unpaired) electrons. The third-order valence-corrected chi connectivity index (χ3v) is 3.80. The van der Waals surface area contributed by atoms with Gasteiger partial charge in [0.05, 0.1) is 12.3 Å². The van der Waals surface area contributed by atoms with Crippen LogP contribution in [0.4, 0.5) is 5.69 Å². The normalized spacial score (nSPS) is 14.8. The first-order valence-corrected chi connectivity index (χ1v) is 8.39. The summed E-state index contributed by atoms with van der Waals surface area (Å²) in [6.07, 6.45) is 6.74. The number of nitrogens with one attached hydrogen (secondary N) is 1. The SMILES string of the molecule is C#CCOc1ccc(/C=C2/C(=O)NN(c3ccccc3)C2=O)cc1OCC. The molecular formula is C21H18N2O4. The van der Waals surface area contributed by atoms with Crippen molar-refractivity contribution in [1.29, 1.82) is 0 Å². The van der Waals surface area contributed by atoms with Crippen molar-refractivity contribution in [3.05, 3.63) is 59.7 Å². The van der Waals surface area contributed by atoms with Gasteiger partial charge in [0.25, 0.3) is 11.8 Å². The lowest BCUT2D eigenvalue weighted by atomic mass is 10.1. The Morgan fingerprint density at radius 2 is 1.89 bits per heavy atom. The molecule has 2 aromatic carbocycles. The second-order valence-electron chi connectivity index (χ2n) is 5.61. The number of hydrogen-bond acceptors (Lipinski definition) is 4. The van der Waals surface area contributed by atoms with Crippen molar-refractivity contribution < 1.29 is 19.1 Å². The molecule has 0 bridgehead atoms. The van der Waals surface area contributed by atoms with Crippen LogP contribution in [0.2, 0.25) is 0 Å². The van der Waals surface area contributed by atoms with Crippen LogP contribution in [0.15, 0.2) is 54.1 Å². The molecule has 0 aromatic heterocycles. The number of hydrazine groups is 1. The number of benzene rings is 2. The van der Waals surface area contributed by atoms with Gasteiger partial charge in [-0.25, -0.2) is 5.01 Å². The molecule has 6 nitrogen and oxygen atoms in total. The summed E-state index contributed by atoms with van der Waals surface area (Å²) in [5, 5.41) is 1.22. The maximum absolute atomic E-state index is 12.6. The standard InChI is InChI=1S/C21H18N2O4/c1-3-12-27-18-11-10-15(14-19(18)26-4-2)13-17-20(24)22-23(21(17)25)16-8-6-5-7-9-16/h1,5-11,13-14H,4,12H2,2H3,(H,22,24)/b17-13-. The zero-order valence-electron chi connectivity index (χ0n) is 14.8. The Morgan fingerprint density at radius 3 is 2.59 bits per heavy atom. The summed E-state index contributed by atoms with van der Waals surface area (Å²) >= 11 is 0. The minimum atomic E-state index is -0.463. The van der Waals surface area contributed by atoms with Gasteiger partial charge in [-0.1, -0.05) is 30.2 Å². The molecular weight excluding hydrogens is 344 g/mol. The Labute approximate surface area is 157 Å². The van der Waals surface area contributed by atoms with Gasteiger partial charge in [0, 0.05) is 0 Å². The highest BCUT2D eigenvalue weighted by Gasteiger charge is 2.34. The minimum absolute atomic E-state index is 0.0404. The predicted octanol–water partition coefficient (Wildman–Crippen LogP) is 2.56. The molecule has 0 aliphatic carbocycles. The van der Waals surface area contributed by atoms with Crippen molar-refractivity contribution in [2.24, 2.45) is 0 Å². The number of hydrogen-bond donors (Lipinski definition) is 1. The summed E-state index contributed by atoms with van der Waals surface area (Å²) in [5.41, 5.74) is 3.84. The van der Waals surface area contributed by atoms with Crippen LogP contribution in [0.5, 0.6) is 11.5 Å². The number of ether oxygens (including phenoxy) is 2. The van der Waals surface area contributed by atoms with Crippen LogP contribution >= 0.6 is 0 Å². The number of rotatable bonds is 6. The van der Waals surface area contributed by atoms with Gasteiger partial charge in [0.2, 0.25) is 0 Å². The molecule has 1 fully saturated rings. The highest BCUT2D eigenvalue weighted by atomic mass is 16.5. The zero-order chi connectivity index (χ0) is 19.2. The van der Waals surface area contributed by atoms with E-state index < -0.39 is 11.8 Å². The topological polar surface area (TPSA) is 67.9 Å². The largest absolute Gasteiger partial charge is 0.490 e. The van der Waals surface area contributed by atoms with Gasteiger partial charge in [-0.3, -0.25) is 15.0 Å². The lowest BCUT2D eigenvalue weighted by molar-refractivity contribution is -0.117. The summed E-state index contributed by atoms with van der Waals surface area (Å²) in [6.45, 7) is 2.41. The van der Waals surface area contributed by atoms with Crippen molar-refractivity contribution in [2.45, 2.75) is 6.92 Å². The Kier molecular flexibility index (Phi) is 5.43. The highest BCUT2D eigenvalue weighted by molar-refractivity contribution is 6.31. The lowest BCUT2D eigenvalue weighted by Gasteiger charge is -2.14. The van der Waals surface area contributed by atoms with Crippen LogP contribution < -0.4 is 19.9 Å². The number of amides is 2. The Balaban J connectivity index is 1.89. The van der Waals surface area contributed by atoms with E-state index in [0.29, 0.717) is 29.4 Å². The molecule has 3 rings (SSSR count). The third kappa shape index (κ3) is 3.93. The summed E-state index contributed by atoms with van der Waals surface area (Å²) < 4.78 is 11.0. The number of anilines is 1. The minimum Gasteiger partial charge on any atom is -0.490 e. The molecule has 6 heteroatoms. The first-order chi connectivity index (χ1) is 13.1. The fraction of sp³-hybridized carbons (Fsp3) is 0.143. The Hall–Kier alpha value is -3.72. The van der Waals surface area contributed by atoms with E-state index in [-0.39, 0.29) is 12.2 Å². The molecule has 2 aromatic rings. The van der Waals surface area contributed by atoms with Crippen molar-refractivity contribution in [3.63, 3.8) is 0 Å². The van der Waals surface area contributed by atoms with E-state index in [9.17, 15) is 9.59 Å². The number of nitrogens with zero attached hydrogens (tertiary/aromatic N) is 1. The molecule has 136 valence electrons. The third-order valence-electron chi connectivity index (χ3n) is 3.80. The monoisotopic (exact) mass is 362 g/mol. The first-order valence-electron chi connectivity index (χ1n) is 8.39. The molecule has 1 aliphatic heterocycles. The lowest BCUT2D eigenvalue weighted by Crippen LogP contribution is -2.35. The number of carbonyl (C=O) groups is 2. The molecule has 1 aliphatic rings. The van der Waals surface area contributed by atoms with Gasteiger partial charge >= 0.3 is 0 Å². The van der Waals surface area contributed by atoms with Crippen LogP contribution in [0.25, 0.3) is 6.08 Å². The van der Waals surface area contributed by atoms with Crippen molar-refractivity contribution in [2.75, 3.05) is 18.2 Å². The van der Waals surface area contributed by atoms with E-state index in [0.717, 1.165) is 0 Å². The molecule has 1 heterocycles. The number of terminal acetylenes is 1. The summed E-state index contributed by atoms with van der Waals surface area (Å²) in [4.78, 5) is 24.9. The van der Waals surface area contributed by atoms with E-state index in [2.05, 4.69) is 11.3 Å². The molecule has 27 heavy (non-hydrogen) atoms. The average Bonchev–Trinajstić information content (AvgIpc) is 2.96. The molecule has 0 spiro atoms. The van der Waals surface area contributed by atoms with Gasteiger partial charge in [-0.2, -0.15) is 0 Å². The number of para-hydroxylation sites is 1. The van der Waals surface area contributed by atoms with Crippen LogP contribution in [0.3, 0.4) is 0 Å². The maximum atomic E-state index is 12.6. The van der Waals surface area contributed by atoms with E-state index >= 15 is 0 Å². The fourth-order valence-corrected chi connectivity index (χ4v) is 2.60. The van der Waals surface area contributed by atoms with Crippen molar-refractivity contribution >= 4 is 23.6 Å². The van der Waals surface area contributed by atoms with Crippen LogP contribution in [0.1, 0.15) is 12.5 Å². The maximum Gasteiger partial charge on any atom is 0.282 e. The van der Waals surface area contributed by atoms with E-state index in [4.69, 9.17) is 15.9 Å². The van der Waals surface area contributed by atoms with Gasteiger partial charge < -0.3 is 9.47 Å². The smallest absolute Gasteiger partial charge is 0.282 e.